The van der Waals surface area contributed by atoms with Crippen LogP contribution in [0.15, 0.2) is 29.1 Å². The summed E-state index contributed by atoms with van der Waals surface area (Å²) >= 11 is 1.74. The van der Waals surface area contributed by atoms with E-state index in [1.54, 1.807) is 15.9 Å². The third kappa shape index (κ3) is 2.03. The molecule has 4 aromatic rings. The number of benzene rings is 1. The number of fused-ring (bicyclic) bond motifs is 5. The highest BCUT2D eigenvalue weighted by Gasteiger charge is 2.24. The monoisotopic (exact) mass is 350 g/mol. The fourth-order valence-corrected chi connectivity index (χ4v) is 5.22. The van der Waals surface area contributed by atoms with E-state index >= 15 is 0 Å². The maximum atomic E-state index is 13.5. The summed E-state index contributed by atoms with van der Waals surface area (Å²) in [7, 11) is 0. The van der Waals surface area contributed by atoms with Gasteiger partial charge in [-0.05, 0) is 57.2 Å². The van der Waals surface area contributed by atoms with Crippen LogP contribution in [0.3, 0.4) is 0 Å². The molecule has 6 heteroatoms. The number of aryl methyl sites for hydroxylation is 4. The van der Waals surface area contributed by atoms with Crippen LogP contribution in [0, 0.1) is 13.8 Å². The highest BCUT2D eigenvalue weighted by Crippen LogP contribution is 2.35. The van der Waals surface area contributed by atoms with Gasteiger partial charge in [0.2, 0.25) is 5.78 Å². The lowest BCUT2D eigenvalue weighted by molar-refractivity contribution is 0.699. The van der Waals surface area contributed by atoms with Crippen LogP contribution in [0.5, 0.6) is 0 Å². The zero-order valence-corrected chi connectivity index (χ0v) is 15.1. The van der Waals surface area contributed by atoms with Crippen LogP contribution in [-0.2, 0) is 12.8 Å². The Bertz CT molecular complexity index is 1180. The third-order valence-electron chi connectivity index (χ3n) is 5.07. The molecule has 25 heavy (non-hydrogen) atoms. The Labute approximate surface area is 148 Å². The van der Waals surface area contributed by atoms with Crippen molar-refractivity contribution in [1.29, 1.82) is 0 Å². The van der Waals surface area contributed by atoms with Crippen LogP contribution < -0.4 is 5.56 Å². The van der Waals surface area contributed by atoms with Crippen LogP contribution in [0.2, 0.25) is 0 Å². The van der Waals surface area contributed by atoms with Crippen molar-refractivity contribution in [2.45, 2.75) is 39.5 Å². The van der Waals surface area contributed by atoms with Gasteiger partial charge in [0.1, 0.15) is 10.7 Å². The predicted octanol–water partition coefficient (Wildman–Crippen LogP) is 3.59. The van der Waals surface area contributed by atoms with E-state index in [0.717, 1.165) is 41.0 Å². The first-order valence-corrected chi connectivity index (χ1v) is 9.45. The first-order valence-electron chi connectivity index (χ1n) is 8.63. The molecule has 0 fully saturated rings. The van der Waals surface area contributed by atoms with Crippen LogP contribution in [0.25, 0.3) is 21.7 Å². The first kappa shape index (κ1) is 14.8. The summed E-state index contributed by atoms with van der Waals surface area (Å²) in [6, 6.07) is 8.00. The molecule has 1 aliphatic rings. The van der Waals surface area contributed by atoms with Gasteiger partial charge in [-0.2, -0.15) is 0 Å². The molecule has 0 saturated carbocycles. The minimum atomic E-state index is 0.0261. The first-order chi connectivity index (χ1) is 12.1. The minimum absolute atomic E-state index is 0.0261. The van der Waals surface area contributed by atoms with Crippen LogP contribution in [0.4, 0.5) is 0 Å². The van der Waals surface area contributed by atoms with Gasteiger partial charge in [0.15, 0.2) is 0 Å². The van der Waals surface area contributed by atoms with E-state index < -0.39 is 0 Å². The van der Waals surface area contributed by atoms with E-state index in [1.165, 1.54) is 22.4 Å². The molecule has 126 valence electrons. The fourth-order valence-electron chi connectivity index (χ4n) is 3.79. The highest BCUT2D eigenvalue weighted by atomic mass is 32.1. The maximum Gasteiger partial charge on any atom is 0.268 e. The molecule has 0 N–H and O–H groups in total. The Morgan fingerprint density at radius 1 is 1.04 bits per heavy atom. The van der Waals surface area contributed by atoms with Gasteiger partial charge in [0.05, 0.1) is 11.1 Å². The van der Waals surface area contributed by atoms with E-state index in [0.29, 0.717) is 5.78 Å². The fraction of sp³-hybridized carbons (Fsp3) is 0.316. The summed E-state index contributed by atoms with van der Waals surface area (Å²) in [5.74, 6) is 1.41. The van der Waals surface area contributed by atoms with Gasteiger partial charge in [-0.1, -0.05) is 17.7 Å². The van der Waals surface area contributed by atoms with Crippen molar-refractivity contribution in [2.24, 2.45) is 0 Å². The Morgan fingerprint density at radius 3 is 2.60 bits per heavy atom. The van der Waals surface area contributed by atoms with Crippen molar-refractivity contribution >= 4 is 27.3 Å². The normalized spacial score (nSPS) is 14.3. The van der Waals surface area contributed by atoms with Gasteiger partial charge in [-0.25, -0.2) is 4.57 Å². The number of nitrogens with zero attached hydrogens (tertiary/aromatic N) is 4. The van der Waals surface area contributed by atoms with Gasteiger partial charge in [-0.3, -0.25) is 9.20 Å². The molecular formula is C19H18N4OS. The van der Waals surface area contributed by atoms with Crippen molar-refractivity contribution in [3.05, 3.63) is 56.4 Å². The lowest BCUT2D eigenvalue weighted by atomic mass is 9.97. The zero-order chi connectivity index (χ0) is 17.1. The van der Waals surface area contributed by atoms with Gasteiger partial charge in [0.25, 0.3) is 5.56 Å². The van der Waals surface area contributed by atoms with E-state index in [9.17, 15) is 4.79 Å². The molecule has 5 nitrogen and oxygen atoms in total. The van der Waals surface area contributed by atoms with E-state index in [4.69, 9.17) is 0 Å². The second-order valence-corrected chi connectivity index (χ2v) is 7.83. The summed E-state index contributed by atoms with van der Waals surface area (Å²) in [6.45, 7) is 3.99. The van der Waals surface area contributed by atoms with Crippen molar-refractivity contribution in [3.63, 3.8) is 0 Å². The molecule has 0 aliphatic heterocycles. The molecule has 1 aromatic carbocycles. The number of hydrogen-bond acceptors (Lipinski definition) is 4. The number of hydrogen-bond donors (Lipinski definition) is 0. The number of aromatic nitrogens is 4. The van der Waals surface area contributed by atoms with Gasteiger partial charge < -0.3 is 0 Å². The van der Waals surface area contributed by atoms with Crippen molar-refractivity contribution < 1.29 is 0 Å². The Balaban J connectivity index is 1.98. The van der Waals surface area contributed by atoms with Crippen molar-refractivity contribution in [2.75, 3.05) is 0 Å². The van der Waals surface area contributed by atoms with Crippen molar-refractivity contribution in [1.82, 2.24) is 19.2 Å². The van der Waals surface area contributed by atoms with Crippen molar-refractivity contribution in [3.8, 4) is 5.69 Å². The molecule has 0 bridgehead atoms. The molecule has 0 unspecified atom stereocenters. The predicted molar refractivity (Wildman–Crippen MR) is 100 cm³/mol. The van der Waals surface area contributed by atoms with E-state index in [2.05, 4.69) is 10.2 Å². The van der Waals surface area contributed by atoms with Crippen LogP contribution in [0.1, 0.15) is 34.7 Å². The standard InChI is InChI=1S/C19H18N4OS/c1-11-7-9-13(10-8-11)23-17(24)16-14-5-3-4-6-15(14)25-18(16)22-12(2)20-21-19(22)23/h7-10H,3-6H2,1-2H3. The zero-order valence-electron chi connectivity index (χ0n) is 14.2. The maximum absolute atomic E-state index is 13.5. The molecule has 0 radical (unpaired) electrons. The summed E-state index contributed by atoms with van der Waals surface area (Å²) in [4.78, 5) is 15.8. The van der Waals surface area contributed by atoms with Gasteiger partial charge in [-0.15, -0.1) is 21.5 Å². The molecule has 0 amide bonds. The van der Waals surface area contributed by atoms with Crippen LogP contribution >= 0.6 is 11.3 Å². The SMILES string of the molecule is Cc1ccc(-n2c(=O)c3c4c(sc3n3c(C)nnc23)CCCC4)cc1. The highest BCUT2D eigenvalue weighted by molar-refractivity contribution is 7.18. The summed E-state index contributed by atoms with van der Waals surface area (Å²) in [5, 5.41) is 9.43. The van der Waals surface area contributed by atoms with Crippen LogP contribution in [-0.4, -0.2) is 19.2 Å². The van der Waals surface area contributed by atoms with E-state index in [1.807, 2.05) is 42.5 Å². The summed E-state index contributed by atoms with van der Waals surface area (Å²) < 4.78 is 3.75. The average Bonchev–Trinajstić information content (AvgIpc) is 3.17. The molecule has 3 heterocycles. The summed E-state index contributed by atoms with van der Waals surface area (Å²) in [5.41, 5.74) is 3.27. The summed E-state index contributed by atoms with van der Waals surface area (Å²) in [6.07, 6.45) is 4.42. The second kappa shape index (κ2) is 5.26. The molecule has 1 aliphatic carbocycles. The molecule has 0 atom stereocenters. The lowest BCUT2D eigenvalue weighted by Gasteiger charge is -2.12. The third-order valence-corrected chi connectivity index (χ3v) is 6.35. The molecule has 0 spiro atoms. The number of thiophene rings is 1. The molecule has 5 rings (SSSR count). The van der Waals surface area contributed by atoms with Gasteiger partial charge >= 0.3 is 0 Å². The second-order valence-electron chi connectivity index (χ2n) is 6.75. The Morgan fingerprint density at radius 2 is 1.80 bits per heavy atom. The Kier molecular flexibility index (Phi) is 3.12. The quantitative estimate of drug-likeness (QED) is 0.527. The van der Waals surface area contributed by atoms with Gasteiger partial charge in [0, 0.05) is 4.88 Å². The molecule has 3 aromatic heterocycles. The average molecular weight is 350 g/mol. The molecule has 0 saturated heterocycles. The Hall–Kier alpha value is -2.47. The largest absolute Gasteiger partial charge is 0.268 e. The van der Waals surface area contributed by atoms with E-state index in [-0.39, 0.29) is 5.56 Å². The topological polar surface area (TPSA) is 52.2 Å². The minimum Gasteiger partial charge on any atom is -0.268 e. The lowest BCUT2D eigenvalue weighted by Crippen LogP contribution is -2.22. The smallest absolute Gasteiger partial charge is 0.268 e. The number of rotatable bonds is 1. The molecular weight excluding hydrogens is 332 g/mol.